The molecule has 2 aromatic rings. The summed E-state index contributed by atoms with van der Waals surface area (Å²) in [5.74, 6) is 0.919. The Morgan fingerprint density at radius 2 is 1.95 bits per heavy atom. The van der Waals surface area contributed by atoms with Crippen molar-refractivity contribution in [1.82, 2.24) is 14.9 Å². The van der Waals surface area contributed by atoms with E-state index in [4.69, 9.17) is 4.98 Å². The lowest BCUT2D eigenvalue weighted by Crippen LogP contribution is -2.40. The van der Waals surface area contributed by atoms with Crippen LogP contribution < -0.4 is 5.32 Å². The van der Waals surface area contributed by atoms with E-state index in [9.17, 15) is 0 Å². The van der Waals surface area contributed by atoms with Gasteiger partial charge in [0.25, 0.3) is 0 Å². The van der Waals surface area contributed by atoms with Gasteiger partial charge >= 0.3 is 0 Å². The number of anilines is 1. The summed E-state index contributed by atoms with van der Waals surface area (Å²) in [6.07, 6.45) is 3.92. The van der Waals surface area contributed by atoms with Gasteiger partial charge in [-0.1, -0.05) is 18.6 Å². The van der Waals surface area contributed by atoms with Gasteiger partial charge in [0.2, 0.25) is 0 Å². The van der Waals surface area contributed by atoms with Crippen LogP contribution >= 0.6 is 0 Å². The second kappa shape index (κ2) is 5.75. The van der Waals surface area contributed by atoms with Gasteiger partial charge < -0.3 is 10.2 Å². The quantitative estimate of drug-likeness (QED) is 0.931. The van der Waals surface area contributed by atoms with Crippen molar-refractivity contribution in [3.05, 3.63) is 30.0 Å². The Balaban J connectivity index is 1.75. The predicted octanol–water partition coefficient (Wildman–Crippen LogP) is 2.83. The second-order valence-corrected chi connectivity index (χ2v) is 5.66. The van der Waals surface area contributed by atoms with E-state index in [1.54, 1.807) is 0 Å². The Labute approximate surface area is 120 Å². The number of likely N-dealkylation sites (tertiary alicyclic amines) is 1. The van der Waals surface area contributed by atoms with Gasteiger partial charge in [0.15, 0.2) is 0 Å². The van der Waals surface area contributed by atoms with Crippen molar-refractivity contribution < 1.29 is 0 Å². The van der Waals surface area contributed by atoms with Crippen LogP contribution in [0, 0.1) is 6.92 Å². The topological polar surface area (TPSA) is 41.1 Å². The zero-order valence-electron chi connectivity index (χ0n) is 12.3. The van der Waals surface area contributed by atoms with Crippen LogP contribution in [0.25, 0.3) is 11.0 Å². The third-order valence-electron chi connectivity index (χ3n) is 4.17. The Hall–Kier alpha value is -1.68. The first-order valence-electron chi connectivity index (χ1n) is 7.41. The highest BCUT2D eigenvalue weighted by molar-refractivity contribution is 5.76. The Morgan fingerprint density at radius 1 is 1.20 bits per heavy atom. The van der Waals surface area contributed by atoms with Crippen molar-refractivity contribution in [3.8, 4) is 0 Å². The van der Waals surface area contributed by atoms with E-state index in [-0.39, 0.29) is 0 Å². The van der Waals surface area contributed by atoms with Gasteiger partial charge in [0, 0.05) is 12.6 Å². The molecular formula is C16H22N4. The minimum atomic E-state index is 0.608. The molecule has 1 aromatic heterocycles. The molecule has 1 saturated heterocycles. The SMILES string of the molecule is Cc1nc2ccccc2nc1NCC1CCCCN1C. The highest BCUT2D eigenvalue weighted by Gasteiger charge is 2.18. The van der Waals surface area contributed by atoms with E-state index in [1.807, 2.05) is 31.2 Å². The molecule has 1 aliphatic heterocycles. The van der Waals surface area contributed by atoms with Crippen LogP contribution in [-0.2, 0) is 0 Å². The Bertz CT molecular complexity index is 596. The molecule has 1 aliphatic rings. The van der Waals surface area contributed by atoms with Gasteiger partial charge in [-0.25, -0.2) is 9.97 Å². The van der Waals surface area contributed by atoms with Crippen LogP contribution in [-0.4, -0.2) is 41.0 Å². The number of aryl methyl sites for hydroxylation is 1. The standard InChI is InChI=1S/C16H22N4/c1-12-16(17-11-13-7-5-6-10-20(13)2)19-15-9-4-3-8-14(15)18-12/h3-4,8-9,13H,5-7,10-11H2,1-2H3,(H,17,19). The molecule has 1 unspecified atom stereocenters. The molecule has 2 heterocycles. The van der Waals surface area contributed by atoms with E-state index in [0.717, 1.165) is 29.1 Å². The fraction of sp³-hybridized carbons (Fsp3) is 0.500. The smallest absolute Gasteiger partial charge is 0.148 e. The molecular weight excluding hydrogens is 248 g/mol. The van der Waals surface area contributed by atoms with E-state index in [1.165, 1.54) is 25.8 Å². The zero-order valence-corrected chi connectivity index (χ0v) is 12.3. The van der Waals surface area contributed by atoms with Crippen LogP contribution in [0.4, 0.5) is 5.82 Å². The number of rotatable bonds is 3. The summed E-state index contributed by atoms with van der Waals surface area (Å²) >= 11 is 0. The fourth-order valence-corrected chi connectivity index (χ4v) is 2.87. The molecule has 0 saturated carbocycles. The molecule has 1 N–H and O–H groups in total. The average molecular weight is 270 g/mol. The third-order valence-corrected chi connectivity index (χ3v) is 4.17. The van der Waals surface area contributed by atoms with E-state index >= 15 is 0 Å². The lowest BCUT2D eigenvalue weighted by atomic mass is 10.0. The summed E-state index contributed by atoms with van der Waals surface area (Å²) in [5.41, 5.74) is 2.89. The number of nitrogens with one attached hydrogen (secondary N) is 1. The van der Waals surface area contributed by atoms with Crippen molar-refractivity contribution in [3.63, 3.8) is 0 Å². The molecule has 0 aliphatic carbocycles. The summed E-state index contributed by atoms with van der Waals surface area (Å²) in [4.78, 5) is 11.8. The van der Waals surface area contributed by atoms with Crippen molar-refractivity contribution in [1.29, 1.82) is 0 Å². The van der Waals surface area contributed by atoms with Crippen LogP contribution in [0.5, 0.6) is 0 Å². The number of piperidine rings is 1. The number of aromatic nitrogens is 2. The van der Waals surface area contributed by atoms with Crippen molar-refractivity contribution in [2.45, 2.75) is 32.2 Å². The summed E-state index contributed by atoms with van der Waals surface area (Å²) < 4.78 is 0. The molecule has 4 nitrogen and oxygen atoms in total. The first-order chi connectivity index (χ1) is 9.74. The molecule has 4 heteroatoms. The Kier molecular flexibility index (Phi) is 3.83. The summed E-state index contributed by atoms with van der Waals surface area (Å²) in [6.45, 7) is 4.17. The minimum Gasteiger partial charge on any atom is -0.367 e. The molecule has 0 radical (unpaired) electrons. The van der Waals surface area contributed by atoms with Crippen LogP contribution in [0.15, 0.2) is 24.3 Å². The van der Waals surface area contributed by atoms with Gasteiger partial charge in [-0.3, -0.25) is 0 Å². The first kappa shape index (κ1) is 13.3. The number of hydrogen-bond donors (Lipinski definition) is 1. The average Bonchev–Trinajstić information content (AvgIpc) is 2.46. The van der Waals surface area contributed by atoms with Gasteiger partial charge in [-0.05, 0) is 45.5 Å². The number of likely N-dealkylation sites (N-methyl/N-ethyl adjacent to an activating group) is 1. The molecule has 0 bridgehead atoms. The maximum atomic E-state index is 4.69. The lowest BCUT2D eigenvalue weighted by molar-refractivity contribution is 0.194. The Morgan fingerprint density at radius 3 is 2.70 bits per heavy atom. The van der Waals surface area contributed by atoms with Gasteiger partial charge in [-0.15, -0.1) is 0 Å². The first-order valence-corrected chi connectivity index (χ1v) is 7.41. The summed E-state index contributed by atoms with van der Waals surface area (Å²) in [5, 5.41) is 3.49. The molecule has 0 spiro atoms. The minimum absolute atomic E-state index is 0.608. The maximum absolute atomic E-state index is 4.69. The van der Waals surface area contributed by atoms with Gasteiger partial charge in [0.1, 0.15) is 5.82 Å². The van der Waals surface area contributed by atoms with Gasteiger partial charge in [0.05, 0.1) is 16.7 Å². The fourth-order valence-electron chi connectivity index (χ4n) is 2.87. The highest BCUT2D eigenvalue weighted by atomic mass is 15.2. The van der Waals surface area contributed by atoms with E-state index in [0.29, 0.717) is 6.04 Å². The normalized spacial score (nSPS) is 20.2. The molecule has 3 rings (SSSR count). The molecule has 20 heavy (non-hydrogen) atoms. The van der Waals surface area contributed by atoms with Crippen molar-refractivity contribution in [2.75, 3.05) is 25.5 Å². The molecule has 106 valence electrons. The van der Waals surface area contributed by atoms with Gasteiger partial charge in [-0.2, -0.15) is 0 Å². The maximum Gasteiger partial charge on any atom is 0.148 e. The molecule has 0 amide bonds. The number of benzene rings is 1. The highest BCUT2D eigenvalue weighted by Crippen LogP contribution is 2.18. The second-order valence-electron chi connectivity index (χ2n) is 5.66. The summed E-state index contributed by atoms with van der Waals surface area (Å²) in [7, 11) is 2.21. The van der Waals surface area contributed by atoms with Crippen molar-refractivity contribution in [2.24, 2.45) is 0 Å². The van der Waals surface area contributed by atoms with E-state index in [2.05, 4.69) is 22.2 Å². The third kappa shape index (κ3) is 2.75. The number of nitrogens with zero attached hydrogens (tertiary/aromatic N) is 3. The van der Waals surface area contributed by atoms with Crippen molar-refractivity contribution >= 4 is 16.9 Å². The van der Waals surface area contributed by atoms with Crippen LogP contribution in [0.1, 0.15) is 25.0 Å². The largest absolute Gasteiger partial charge is 0.367 e. The molecule has 1 atom stereocenters. The van der Waals surface area contributed by atoms with E-state index < -0.39 is 0 Å². The zero-order chi connectivity index (χ0) is 13.9. The van der Waals surface area contributed by atoms with Crippen LogP contribution in [0.3, 0.4) is 0 Å². The number of para-hydroxylation sites is 2. The number of hydrogen-bond acceptors (Lipinski definition) is 4. The lowest BCUT2D eigenvalue weighted by Gasteiger charge is -2.32. The molecule has 1 fully saturated rings. The molecule has 1 aromatic carbocycles. The predicted molar refractivity (Wildman–Crippen MR) is 83.0 cm³/mol. The number of fused-ring (bicyclic) bond motifs is 1. The summed E-state index contributed by atoms with van der Waals surface area (Å²) in [6, 6.07) is 8.63. The van der Waals surface area contributed by atoms with Crippen LogP contribution in [0.2, 0.25) is 0 Å². The monoisotopic (exact) mass is 270 g/mol.